The van der Waals surface area contributed by atoms with Gasteiger partial charge in [0.1, 0.15) is 0 Å². The molecule has 1 saturated carbocycles. The van der Waals surface area contributed by atoms with Gasteiger partial charge in [0.25, 0.3) is 0 Å². The SMILES string of the molecule is CCOC(=O)c1ccccc1N(CCC(=O)NC1CCCCCC1)C(C)=O. The molecule has 0 heterocycles. The fraction of sp³-hybridized carbons (Fsp3) is 0.571. The third kappa shape index (κ3) is 6.38. The van der Waals surface area contributed by atoms with Gasteiger partial charge in [0.2, 0.25) is 11.8 Å². The lowest BCUT2D eigenvalue weighted by atomic mass is 10.1. The average molecular weight is 374 g/mol. The number of ether oxygens (including phenoxy) is 1. The van der Waals surface area contributed by atoms with Crippen LogP contribution in [0.3, 0.4) is 0 Å². The summed E-state index contributed by atoms with van der Waals surface area (Å²) in [5.74, 6) is -0.738. The minimum atomic E-state index is -0.470. The number of anilines is 1. The summed E-state index contributed by atoms with van der Waals surface area (Å²) in [5.41, 5.74) is 0.810. The van der Waals surface area contributed by atoms with Crippen molar-refractivity contribution in [1.29, 1.82) is 0 Å². The lowest BCUT2D eigenvalue weighted by Crippen LogP contribution is -2.38. The standard InChI is InChI=1S/C21H30N2O4/c1-3-27-21(26)18-12-8-9-13-19(18)23(16(2)24)15-14-20(25)22-17-10-6-4-5-7-11-17/h8-9,12-13,17H,3-7,10-11,14-15H2,1-2H3,(H,22,25). The van der Waals surface area contributed by atoms with E-state index in [1.807, 2.05) is 0 Å². The molecule has 2 amide bonds. The number of nitrogens with zero attached hydrogens (tertiary/aromatic N) is 1. The van der Waals surface area contributed by atoms with Gasteiger partial charge < -0.3 is 15.0 Å². The van der Waals surface area contributed by atoms with Crippen molar-refractivity contribution in [2.45, 2.75) is 64.8 Å². The summed E-state index contributed by atoms with van der Waals surface area (Å²) < 4.78 is 5.08. The smallest absolute Gasteiger partial charge is 0.340 e. The van der Waals surface area contributed by atoms with Gasteiger partial charge in [0.15, 0.2) is 0 Å². The Morgan fingerprint density at radius 2 is 1.78 bits per heavy atom. The van der Waals surface area contributed by atoms with Gasteiger partial charge in [-0.3, -0.25) is 9.59 Å². The molecule has 1 aromatic rings. The van der Waals surface area contributed by atoms with Gasteiger partial charge in [0.05, 0.1) is 17.9 Å². The van der Waals surface area contributed by atoms with Crippen LogP contribution in [0.1, 0.15) is 69.2 Å². The average Bonchev–Trinajstić information content (AvgIpc) is 2.91. The van der Waals surface area contributed by atoms with Crippen LogP contribution in [0.4, 0.5) is 5.69 Å². The first-order valence-electron chi connectivity index (χ1n) is 9.86. The Morgan fingerprint density at radius 1 is 1.11 bits per heavy atom. The van der Waals surface area contributed by atoms with E-state index in [0.717, 1.165) is 25.7 Å². The molecule has 6 heteroatoms. The van der Waals surface area contributed by atoms with E-state index in [1.54, 1.807) is 31.2 Å². The third-order valence-corrected chi connectivity index (χ3v) is 4.85. The van der Waals surface area contributed by atoms with E-state index >= 15 is 0 Å². The predicted octanol–water partition coefficient (Wildman–Crippen LogP) is 3.45. The van der Waals surface area contributed by atoms with Crippen molar-refractivity contribution in [2.75, 3.05) is 18.1 Å². The van der Waals surface area contributed by atoms with Crippen molar-refractivity contribution in [2.24, 2.45) is 0 Å². The first-order chi connectivity index (χ1) is 13.0. The number of benzene rings is 1. The minimum Gasteiger partial charge on any atom is -0.462 e. The highest BCUT2D eigenvalue weighted by Gasteiger charge is 2.21. The van der Waals surface area contributed by atoms with Crippen molar-refractivity contribution in [3.05, 3.63) is 29.8 Å². The van der Waals surface area contributed by atoms with Crippen molar-refractivity contribution in [3.8, 4) is 0 Å². The zero-order valence-electron chi connectivity index (χ0n) is 16.3. The van der Waals surface area contributed by atoms with Gasteiger partial charge in [-0.05, 0) is 31.9 Å². The van der Waals surface area contributed by atoms with Crippen LogP contribution in [-0.4, -0.2) is 37.0 Å². The number of rotatable bonds is 7. The Labute approximate surface area is 161 Å². The van der Waals surface area contributed by atoms with E-state index in [0.29, 0.717) is 11.3 Å². The number of esters is 1. The molecule has 1 N–H and O–H groups in total. The zero-order valence-corrected chi connectivity index (χ0v) is 16.3. The molecule has 0 spiro atoms. The van der Waals surface area contributed by atoms with Crippen LogP contribution in [0.15, 0.2) is 24.3 Å². The van der Waals surface area contributed by atoms with Gasteiger partial charge in [-0.25, -0.2) is 4.79 Å². The lowest BCUT2D eigenvalue weighted by molar-refractivity contribution is -0.121. The number of nitrogens with one attached hydrogen (secondary N) is 1. The molecule has 0 radical (unpaired) electrons. The highest BCUT2D eigenvalue weighted by atomic mass is 16.5. The molecule has 148 valence electrons. The topological polar surface area (TPSA) is 75.7 Å². The fourth-order valence-electron chi connectivity index (χ4n) is 3.47. The molecule has 2 rings (SSSR count). The summed E-state index contributed by atoms with van der Waals surface area (Å²) in [6.45, 7) is 3.66. The lowest BCUT2D eigenvalue weighted by Gasteiger charge is -2.24. The molecule has 0 aromatic heterocycles. The van der Waals surface area contributed by atoms with Crippen LogP contribution in [0.5, 0.6) is 0 Å². The van der Waals surface area contributed by atoms with E-state index in [-0.39, 0.29) is 37.4 Å². The first kappa shape index (κ1) is 20.9. The quantitative estimate of drug-likeness (QED) is 0.586. The monoisotopic (exact) mass is 374 g/mol. The Balaban J connectivity index is 2.02. The summed E-state index contributed by atoms with van der Waals surface area (Å²) in [4.78, 5) is 38.2. The van der Waals surface area contributed by atoms with Gasteiger partial charge in [-0.15, -0.1) is 0 Å². The molecule has 0 aliphatic heterocycles. The summed E-state index contributed by atoms with van der Waals surface area (Å²) in [6, 6.07) is 7.07. The van der Waals surface area contributed by atoms with E-state index in [1.165, 1.54) is 24.7 Å². The molecule has 0 unspecified atom stereocenters. The molecule has 1 fully saturated rings. The molecule has 27 heavy (non-hydrogen) atoms. The van der Waals surface area contributed by atoms with Crippen LogP contribution in [0.25, 0.3) is 0 Å². The van der Waals surface area contributed by atoms with Crippen molar-refractivity contribution in [3.63, 3.8) is 0 Å². The Hall–Kier alpha value is -2.37. The van der Waals surface area contributed by atoms with E-state index in [2.05, 4.69) is 5.32 Å². The Morgan fingerprint density at radius 3 is 2.41 bits per heavy atom. The highest BCUT2D eigenvalue weighted by molar-refractivity contribution is 6.02. The minimum absolute atomic E-state index is 0.0539. The first-order valence-corrected chi connectivity index (χ1v) is 9.86. The van der Waals surface area contributed by atoms with Gasteiger partial charge in [-0.1, -0.05) is 37.8 Å². The van der Waals surface area contributed by atoms with E-state index in [4.69, 9.17) is 4.74 Å². The van der Waals surface area contributed by atoms with Gasteiger partial charge in [0, 0.05) is 25.9 Å². The molecular formula is C21H30N2O4. The second-order valence-corrected chi connectivity index (χ2v) is 6.91. The third-order valence-electron chi connectivity index (χ3n) is 4.85. The van der Waals surface area contributed by atoms with Crippen molar-refractivity contribution >= 4 is 23.5 Å². The number of hydrogen-bond donors (Lipinski definition) is 1. The van der Waals surface area contributed by atoms with Crippen LogP contribution in [-0.2, 0) is 14.3 Å². The molecular weight excluding hydrogens is 344 g/mol. The zero-order chi connectivity index (χ0) is 19.6. The normalized spacial score (nSPS) is 14.9. The highest BCUT2D eigenvalue weighted by Crippen LogP contribution is 2.22. The molecule has 1 aromatic carbocycles. The van der Waals surface area contributed by atoms with Gasteiger partial charge >= 0.3 is 5.97 Å². The van der Waals surface area contributed by atoms with Crippen molar-refractivity contribution in [1.82, 2.24) is 5.32 Å². The van der Waals surface area contributed by atoms with Gasteiger partial charge in [-0.2, -0.15) is 0 Å². The van der Waals surface area contributed by atoms with E-state index in [9.17, 15) is 14.4 Å². The largest absolute Gasteiger partial charge is 0.462 e. The fourth-order valence-corrected chi connectivity index (χ4v) is 3.47. The number of carbonyl (C=O) groups is 3. The molecule has 0 bridgehead atoms. The number of carbonyl (C=O) groups excluding carboxylic acids is 3. The Bertz CT molecular complexity index is 651. The maximum absolute atomic E-state index is 12.4. The van der Waals surface area contributed by atoms with Crippen molar-refractivity contribution < 1.29 is 19.1 Å². The Kier molecular flexibility index (Phi) is 8.30. The second kappa shape index (κ2) is 10.7. The maximum atomic E-state index is 12.4. The van der Waals surface area contributed by atoms with Crippen LogP contribution >= 0.6 is 0 Å². The summed E-state index contributed by atoms with van der Waals surface area (Å²) in [6.07, 6.45) is 7.01. The molecule has 0 saturated heterocycles. The summed E-state index contributed by atoms with van der Waals surface area (Å²) in [5, 5.41) is 3.09. The maximum Gasteiger partial charge on any atom is 0.340 e. The summed E-state index contributed by atoms with van der Waals surface area (Å²) in [7, 11) is 0. The second-order valence-electron chi connectivity index (χ2n) is 6.91. The molecule has 1 aliphatic carbocycles. The summed E-state index contributed by atoms with van der Waals surface area (Å²) >= 11 is 0. The number of para-hydroxylation sites is 1. The van der Waals surface area contributed by atoms with E-state index < -0.39 is 5.97 Å². The molecule has 0 atom stereocenters. The number of amides is 2. The van der Waals surface area contributed by atoms with Crippen LogP contribution in [0.2, 0.25) is 0 Å². The molecule has 1 aliphatic rings. The molecule has 6 nitrogen and oxygen atoms in total. The predicted molar refractivity (Wildman–Crippen MR) is 105 cm³/mol. The van der Waals surface area contributed by atoms with Crippen LogP contribution in [0, 0.1) is 0 Å². The van der Waals surface area contributed by atoms with Crippen LogP contribution < -0.4 is 10.2 Å². The number of hydrogen-bond acceptors (Lipinski definition) is 4.